The largest absolute Gasteiger partial charge is 0.493 e. The Kier molecular flexibility index (Phi) is 4.88. The smallest absolute Gasteiger partial charge is 0.262 e. The third kappa shape index (κ3) is 4.29. The second-order valence-corrected chi connectivity index (χ2v) is 6.23. The van der Waals surface area contributed by atoms with Gasteiger partial charge in [0.05, 0.1) is 12.3 Å². The van der Waals surface area contributed by atoms with Crippen molar-refractivity contribution in [2.24, 2.45) is 5.92 Å². The van der Waals surface area contributed by atoms with Crippen LogP contribution in [0.25, 0.3) is 0 Å². The molecule has 0 saturated heterocycles. The van der Waals surface area contributed by atoms with Crippen molar-refractivity contribution in [2.45, 2.75) is 13.8 Å². The van der Waals surface area contributed by atoms with Crippen LogP contribution in [0.15, 0.2) is 42.5 Å². The molecule has 130 valence electrons. The van der Waals surface area contributed by atoms with Crippen molar-refractivity contribution in [3.8, 4) is 11.5 Å². The normalized spacial score (nSPS) is 12.8. The number of ether oxygens (including phenoxy) is 2. The molecule has 2 aromatic carbocycles. The topological polar surface area (TPSA) is 76.7 Å². The maximum Gasteiger partial charge on any atom is 0.262 e. The minimum Gasteiger partial charge on any atom is -0.493 e. The van der Waals surface area contributed by atoms with Crippen molar-refractivity contribution in [2.75, 3.05) is 23.8 Å². The molecule has 1 aliphatic heterocycles. The van der Waals surface area contributed by atoms with Gasteiger partial charge in [0.2, 0.25) is 0 Å². The molecular weight excluding hydrogens is 320 g/mol. The number of nitrogens with one attached hydrogen (secondary N) is 2. The first kappa shape index (κ1) is 16.8. The number of rotatable bonds is 5. The Bertz CT molecular complexity index is 785. The summed E-state index contributed by atoms with van der Waals surface area (Å²) >= 11 is 0. The lowest BCUT2D eigenvalue weighted by Crippen LogP contribution is -2.25. The van der Waals surface area contributed by atoms with Crippen molar-refractivity contribution in [1.82, 2.24) is 0 Å². The molecule has 0 spiro atoms. The Morgan fingerprint density at radius 1 is 1.24 bits per heavy atom. The van der Waals surface area contributed by atoms with E-state index in [0.29, 0.717) is 35.2 Å². The quantitative estimate of drug-likeness (QED) is 0.875. The van der Waals surface area contributed by atoms with E-state index in [4.69, 9.17) is 9.47 Å². The van der Waals surface area contributed by atoms with Crippen LogP contribution < -0.4 is 20.1 Å². The van der Waals surface area contributed by atoms with Gasteiger partial charge < -0.3 is 20.1 Å². The zero-order chi connectivity index (χ0) is 17.8. The molecule has 3 rings (SSSR count). The van der Waals surface area contributed by atoms with Gasteiger partial charge in [-0.25, -0.2) is 0 Å². The van der Waals surface area contributed by atoms with Gasteiger partial charge in [-0.1, -0.05) is 13.8 Å². The van der Waals surface area contributed by atoms with E-state index in [1.54, 1.807) is 30.3 Å². The zero-order valence-electron chi connectivity index (χ0n) is 14.2. The van der Waals surface area contributed by atoms with Crippen LogP contribution in [0.1, 0.15) is 24.2 Å². The second kappa shape index (κ2) is 7.25. The zero-order valence-corrected chi connectivity index (χ0v) is 14.2. The van der Waals surface area contributed by atoms with E-state index in [0.717, 1.165) is 5.75 Å². The first-order valence-electron chi connectivity index (χ1n) is 8.12. The molecule has 6 nitrogen and oxygen atoms in total. The number of hydrogen-bond acceptors (Lipinski definition) is 4. The van der Waals surface area contributed by atoms with Gasteiger partial charge in [0, 0.05) is 11.3 Å². The molecule has 0 aromatic heterocycles. The molecule has 0 radical (unpaired) electrons. The minimum atomic E-state index is -0.265. The van der Waals surface area contributed by atoms with Crippen molar-refractivity contribution in [3.05, 3.63) is 48.0 Å². The maximum absolute atomic E-state index is 12.4. The van der Waals surface area contributed by atoms with Gasteiger partial charge in [0.25, 0.3) is 11.8 Å². The van der Waals surface area contributed by atoms with Gasteiger partial charge in [-0.3, -0.25) is 9.59 Å². The summed E-state index contributed by atoms with van der Waals surface area (Å²) in [5.74, 6) is 1.27. The molecule has 6 heteroatoms. The van der Waals surface area contributed by atoms with Crippen LogP contribution in [0.5, 0.6) is 11.5 Å². The lowest BCUT2D eigenvalue weighted by molar-refractivity contribution is -0.118. The highest BCUT2D eigenvalue weighted by Crippen LogP contribution is 2.28. The highest BCUT2D eigenvalue weighted by Gasteiger charge is 2.17. The molecule has 2 aromatic rings. The Morgan fingerprint density at radius 2 is 2.00 bits per heavy atom. The van der Waals surface area contributed by atoms with E-state index in [2.05, 4.69) is 24.5 Å². The Hall–Kier alpha value is -3.02. The third-order valence-corrected chi connectivity index (χ3v) is 3.57. The van der Waals surface area contributed by atoms with Gasteiger partial charge in [-0.2, -0.15) is 0 Å². The average molecular weight is 340 g/mol. The van der Waals surface area contributed by atoms with Crippen LogP contribution in [-0.2, 0) is 4.79 Å². The van der Waals surface area contributed by atoms with E-state index in [1.165, 1.54) is 0 Å². The maximum atomic E-state index is 12.4. The second-order valence-electron chi connectivity index (χ2n) is 6.23. The summed E-state index contributed by atoms with van der Waals surface area (Å²) in [6.45, 7) is 4.81. The van der Waals surface area contributed by atoms with Crippen LogP contribution in [-0.4, -0.2) is 25.0 Å². The highest BCUT2D eigenvalue weighted by atomic mass is 16.5. The van der Waals surface area contributed by atoms with Crippen LogP contribution in [0.4, 0.5) is 11.4 Å². The standard InChI is InChI=1S/C19H20N2O4/c1-12(2)10-24-15-6-4-14(5-7-15)20-19(23)13-3-8-17-16(9-13)21-18(22)11-25-17/h3-9,12H,10-11H2,1-2H3,(H,20,23)(H,21,22). The number of fused-ring (bicyclic) bond motifs is 1. The predicted octanol–water partition coefficient (Wildman–Crippen LogP) is 3.30. The molecule has 25 heavy (non-hydrogen) atoms. The van der Waals surface area contributed by atoms with Crippen LogP contribution in [0.2, 0.25) is 0 Å². The Morgan fingerprint density at radius 3 is 2.72 bits per heavy atom. The third-order valence-electron chi connectivity index (χ3n) is 3.57. The fourth-order valence-electron chi connectivity index (χ4n) is 2.33. The van der Waals surface area contributed by atoms with Crippen molar-refractivity contribution in [1.29, 1.82) is 0 Å². The molecule has 0 atom stereocenters. The highest BCUT2D eigenvalue weighted by molar-refractivity contribution is 6.06. The first-order valence-corrected chi connectivity index (χ1v) is 8.12. The SMILES string of the molecule is CC(C)COc1ccc(NC(=O)c2ccc3c(c2)NC(=O)CO3)cc1. The molecular formula is C19H20N2O4. The van der Waals surface area contributed by atoms with E-state index in [1.807, 2.05) is 12.1 Å². The summed E-state index contributed by atoms with van der Waals surface area (Å²) < 4.78 is 10.9. The lowest BCUT2D eigenvalue weighted by atomic mass is 10.1. The monoisotopic (exact) mass is 340 g/mol. The summed E-state index contributed by atoms with van der Waals surface area (Å²) in [6, 6.07) is 12.1. The Labute approximate surface area is 146 Å². The van der Waals surface area contributed by atoms with Crippen molar-refractivity contribution >= 4 is 23.2 Å². The fourth-order valence-corrected chi connectivity index (χ4v) is 2.33. The van der Waals surface area contributed by atoms with Gasteiger partial charge >= 0.3 is 0 Å². The van der Waals surface area contributed by atoms with Gasteiger partial charge in [0.15, 0.2) is 6.61 Å². The van der Waals surface area contributed by atoms with Crippen LogP contribution in [0.3, 0.4) is 0 Å². The van der Waals surface area contributed by atoms with E-state index in [-0.39, 0.29) is 18.4 Å². The van der Waals surface area contributed by atoms with Gasteiger partial charge in [-0.15, -0.1) is 0 Å². The lowest BCUT2D eigenvalue weighted by Gasteiger charge is -2.18. The van der Waals surface area contributed by atoms with Crippen LogP contribution >= 0.6 is 0 Å². The summed E-state index contributed by atoms with van der Waals surface area (Å²) in [7, 11) is 0. The number of carbonyl (C=O) groups is 2. The molecule has 1 aliphatic rings. The summed E-state index contributed by atoms with van der Waals surface area (Å²) in [4.78, 5) is 23.8. The first-order chi connectivity index (χ1) is 12.0. The van der Waals surface area contributed by atoms with E-state index >= 15 is 0 Å². The predicted molar refractivity (Wildman–Crippen MR) is 95.3 cm³/mol. The van der Waals surface area contributed by atoms with Gasteiger partial charge in [-0.05, 0) is 48.4 Å². The van der Waals surface area contributed by atoms with Crippen molar-refractivity contribution < 1.29 is 19.1 Å². The average Bonchev–Trinajstić information content (AvgIpc) is 2.60. The van der Waals surface area contributed by atoms with E-state index in [9.17, 15) is 9.59 Å². The Balaban J connectivity index is 1.66. The molecule has 2 N–H and O–H groups in total. The van der Waals surface area contributed by atoms with Crippen LogP contribution in [0, 0.1) is 5.92 Å². The summed E-state index contributed by atoms with van der Waals surface area (Å²) in [5, 5.41) is 5.51. The summed E-state index contributed by atoms with van der Waals surface area (Å²) in [5.41, 5.74) is 1.60. The molecule has 2 amide bonds. The number of anilines is 2. The number of benzene rings is 2. The van der Waals surface area contributed by atoms with E-state index < -0.39 is 0 Å². The number of carbonyl (C=O) groups excluding carboxylic acids is 2. The molecule has 0 aliphatic carbocycles. The molecule has 0 bridgehead atoms. The molecule has 0 fully saturated rings. The number of amides is 2. The molecule has 0 saturated carbocycles. The number of hydrogen-bond donors (Lipinski definition) is 2. The molecule has 1 heterocycles. The van der Waals surface area contributed by atoms with Crippen molar-refractivity contribution in [3.63, 3.8) is 0 Å². The molecule has 0 unspecified atom stereocenters. The fraction of sp³-hybridized carbons (Fsp3) is 0.263. The summed E-state index contributed by atoms with van der Waals surface area (Å²) in [6.07, 6.45) is 0. The van der Waals surface area contributed by atoms with Gasteiger partial charge in [0.1, 0.15) is 11.5 Å². The minimum absolute atomic E-state index is 0.0101.